The van der Waals surface area contributed by atoms with Crippen LogP contribution in [0.25, 0.3) is 0 Å². The molecule has 3 N–H and O–H groups in total. The molecule has 1 aliphatic heterocycles. The molecule has 1 aliphatic rings. The molecule has 0 aromatic carbocycles. The monoisotopic (exact) mass is 176 g/mol. The summed E-state index contributed by atoms with van der Waals surface area (Å²) in [5, 5.41) is 27.7. The number of hydrogen-bond acceptors (Lipinski definition) is 4. The lowest BCUT2D eigenvalue weighted by Crippen LogP contribution is -2.53. The topological polar surface area (TPSA) is 69.9 Å². The van der Waals surface area contributed by atoms with Gasteiger partial charge in [-0.1, -0.05) is 6.92 Å². The van der Waals surface area contributed by atoms with E-state index in [4.69, 9.17) is 9.84 Å². The summed E-state index contributed by atoms with van der Waals surface area (Å²) in [6.07, 6.45) is -2.54. The minimum Gasteiger partial charge on any atom is -0.394 e. The molecule has 0 radical (unpaired) electrons. The molecular weight excluding hydrogens is 160 g/mol. The SMILES string of the molecule is CC1OC(CO)[C@@H](O)[C@H](O)C1C. The van der Waals surface area contributed by atoms with Crippen LogP contribution in [0.15, 0.2) is 0 Å². The van der Waals surface area contributed by atoms with E-state index >= 15 is 0 Å². The number of hydrogen-bond donors (Lipinski definition) is 3. The fourth-order valence-corrected chi connectivity index (χ4v) is 1.44. The van der Waals surface area contributed by atoms with Gasteiger partial charge in [0.2, 0.25) is 0 Å². The summed E-state index contributed by atoms with van der Waals surface area (Å²) in [5.74, 6) is -0.0946. The Kier molecular flexibility index (Phi) is 3.06. The van der Waals surface area contributed by atoms with Gasteiger partial charge in [0.1, 0.15) is 12.2 Å². The smallest absolute Gasteiger partial charge is 0.109 e. The molecule has 0 amide bonds. The molecule has 4 nitrogen and oxygen atoms in total. The van der Waals surface area contributed by atoms with Crippen molar-refractivity contribution in [3.05, 3.63) is 0 Å². The molecule has 1 saturated heterocycles. The van der Waals surface area contributed by atoms with Crippen LogP contribution in [0.5, 0.6) is 0 Å². The molecule has 0 aromatic heterocycles. The van der Waals surface area contributed by atoms with E-state index in [1.165, 1.54) is 0 Å². The van der Waals surface area contributed by atoms with Crippen LogP contribution in [0.3, 0.4) is 0 Å². The number of ether oxygens (including phenoxy) is 1. The Morgan fingerprint density at radius 2 is 1.75 bits per heavy atom. The van der Waals surface area contributed by atoms with Crippen LogP contribution in [0.1, 0.15) is 13.8 Å². The van der Waals surface area contributed by atoms with E-state index in [9.17, 15) is 10.2 Å². The highest BCUT2D eigenvalue weighted by molar-refractivity contribution is 4.87. The summed E-state index contributed by atoms with van der Waals surface area (Å²) in [6, 6.07) is 0. The Morgan fingerprint density at radius 3 is 2.25 bits per heavy atom. The van der Waals surface area contributed by atoms with Crippen LogP contribution < -0.4 is 0 Å². The number of rotatable bonds is 1. The summed E-state index contributed by atoms with van der Waals surface area (Å²) in [5.41, 5.74) is 0. The van der Waals surface area contributed by atoms with Crippen molar-refractivity contribution in [2.75, 3.05) is 6.61 Å². The molecule has 1 rings (SSSR count). The fraction of sp³-hybridized carbons (Fsp3) is 1.00. The van der Waals surface area contributed by atoms with Crippen LogP contribution in [0, 0.1) is 5.92 Å². The van der Waals surface area contributed by atoms with E-state index in [2.05, 4.69) is 0 Å². The lowest BCUT2D eigenvalue weighted by atomic mass is 9.89. The van der Waals surface area contributed by atoms with Gasteiger partial charge in [0.05, 0.1) is 18.8 Å². The maximum Gasteiger partial charge on any atom is 0.109 e. The van der Waals surface area contributed by atoms with E-state index in [-0.39, 0.29) is 18.6 Å². The molecule has 0 aliphatic carbocycles. The molecule has 5 atom stereocenters. The van der Waals surface area contributed by atoms with E-state index in [0.717, 1.165) is 0 Å². The van der Waals surface area contributed by atoms with Crippen LogP contribution in [0.4, 0.5) is 0 Å². The minimum atomic E-state index is -0.971. The molecule has 0 bridgehead atoms. The average Bonchev–Trinajstić information content (AvgIpc) is 2.08. The van der Waals surface area contributed by atoms with Gasteiger partial charge in [0.15, 0.2) is 0 Å². The second-order valence-corrected chi connectivity index (χ2v) is 3.40. The van der Waals surface area contributed by atoms with Crippen LogP contribution in [-0.4, -0.2) is 46.3 Å². The lowest BCUT2D eigenvalue weighted by Gasteiger charge is -2.39. The number of aliphatic hydroxyl groups excluding tert-OH is 3. The quantitative estimate of drug-likeness (QED) is 0.485. The van der Waals surface area contributed by atoms with Gasteiger partial charge < -0.3 is 20.1 Å². The van der Waals surface area contributed by atoms with Crippen molar-refractivity contribution in [2.24, 2.45) is 5.92 Å². The van der Waals surface area contributed by atoms with E-state index < -0.39 is 18.3 Å². The Bertz CT molecular complexity index is 145. The van der Waals surface area contributed by atoms with E-state index in [1.54, 1.807) is 0 Å². The molecule has 0 aromatic rings. The van der Waals surface area contributed by atoms with Gasteiger partial charge in [-0.15, -0.1) is 0 Å². The molecule has 12 heavy (non-hydrogen) atoms. The van der Waals surface area contributed by atoms with E-state index in [0.29, 0.717) is 0 Å². The Morgan fingerprint density at radius 1 is 1.17 bits per heavy atom. The summed E-state index contributed by atoms with van der Waals surface area (Å²) in [6.45, 7) is 3.38. The molecule has 0 saturated carbocycles. The van der Waals surface area contributed by atoms with Gasteiger partial charge in [-0.05, 0) is 6.92 Å². The Labute approximate surface area is 71.8 Å². The molecule has 3 unspecified atom stereocenters. The number of aliphatic hydroxyl groups is 3. The van der Waals surface area contributed by atoms with Crippen molar-refractivity contribution in [3.8, 4) is 0 Å². The molecule has 1 heterocycles. The third kappa shape index (κ3) is 1.61. The zero-order valence-corrected chi connectivity index (χ0v) is 7.34. The summed E-state index contributed by atoms with van der Waals surface area (Å²) < 4.78 is 5.27. The predicted octanol–water partition coefficient (Wildman–Crippen LogP) is -0.876. The van der Waals surface area contributed by atoms with Crippen molar-refractivity contribution in [3.63, 3.8) is 0 Å². The van der Waals surface area contributed by atoms with E-state index in [1.807, 2.05) is 13.8 Å². The maximum absolute atomic E-state index is 9.48. The van der Waals surface area contributed by atoms with Gasteiger partial charge in [-0.3, -0.25) is 0 Å². The fourth-order valence-electron chi connectivity index (χ4n) is 1.44. The highest BCUT2D eigenvalue weighted by Crippen LogP contribution is 2.25. The normalized spacial score (nSPS) is 49.2. The largest absolute Gasteiger partial charge is 0.394 e. The van der Waals surface area contributed by atoms with Gasteiger partial charge in [-0.2, -0.15) is 0 Å². The predicted molar refractivity (Wildman–Crippen MR) is 42.6 cm³/mol. The van der Waals surface area contributed by atoms with Crippen molar-refractivity contribution >= 4 is 0 Å². The third-order valence-electron chi connectivity index (χ3n) is 2.58. The van der Waals surface area contributed by atoms with Gasteiger partial charge >= 0.3 is 0 Å². The first kappa shape index (κ1) is 9.92. The molecule has 4 heteroatoms. The Balaban J connectivity index is 2.63. The first-order chi connectivity index (χ1) is 5.57. The van der Waals surface area contributed by atoms with Crippen molar-refractivity contribution < 1.29 is 20.1 Å². The highest BCUT2D eigenvalue weighted by Gasteiger charge is 2.39. The standard InChI is InChI=1S/C8H16O4/c1-4-5(2)12-6(3-9)8(11)7(4)10/h4-11H,3H2,1-2H3/t4?,5?,6?,7-,8-/m1/s1. The van der Waals surface area contributed by atoms with Crippen LogP contribution >= 0.6 is 0 Å². The second-order valence-electron chi connectivity index (χ2n) is 3.40. The van der Waals surface area contributed by atoms with Gasteiger partial charge in [0, 0.05) is 5.92 Å². The zero-order chi connectivity index (χ0) is 9.30. The molecule has 72 valence electrons. The molecule has 1 fully saturated rings. The minimum absolute atomic E-state index is 0.0946. The van der Waals surface area contributed by atoms with Gasteiger partial charge in [0.25, 0.3) is 0 Å². The lowest BCUT2D eigenvalue weighted by molar-refractivity contribution is -0.200. The summed E-state index contributed by atoms with van der Waals surface area (Å²) in [4.78, 5) is 0. The summed E-state index contributed by atoms with van der Waals surface area (Å²) in [7, 11) is 0. The highest BCUT2D eigenvalue weighted by atomic mass is 16.5. The van der Waals surface area contributed by atoms with Crippen LogP contribution in [0.2, 0.25) is 0 Å². The first-order valence-corrected chi connectivity index (χ1v) is 4.20. The molecular formula is C8H16O4. The maximum atomic E-state index is 9.48. The zero-order valence-electron chi connectivity index (χ0n) is 7.34. The van der Waals surface area contributed by atoms with Crippen molar-refractivity contribution in [2.45, 2.75) is 38.3 Å². The third-order valence-corrected chi connectivity index (χ3v) is 2.58. The first-order valence-electron chi connectivity index (χ1n) is 4.20. The van der Waals surface area contributed by atoms with Crippen molar-refractivity contribution in [1.82, 2.24) is 0 Å². The van der Waals surface area contributed by atoms with Crippen LogP contribution in [-0.2, 0) is 4.74 Å². The van der Waals surface area contributed by atoms with Crippen molar-refractivity contribution in [1.29, 1.82) is 0 Å². The second kappa shape index (κ2) is 3.70. The average molecular weight is 176 g/mol. The molecule has 0 spiro atoms. The summed E-state index contributed by atoms with van der Waals surface area (Å²) >= 11 is 0. The van der Waals surface area contributed by atoms with Gasteiger partial charge in [-0.25, -0.2) is 0 Å². The Hall–Kier alpha value is -0.160.